The Morgan fingerprint density at radius 1 is 1.13 bits per heavy atom. The van der Waals surface area contributed by atoms with E-state index in [0.717, 1.165) is 12.0 Å². The summed E-state index contributed by atoms with van der Waals surface area (Å²) in [7, 11) is 3.17. The van der Waals surface area contributed by atoms with Crippen LogP contribution in [0, 0.1) is 11.8 Å². The monoisotopic (exact) mass is 415 g/mol. The predicted octanol–water partition coefficient (Wildman–Crippen LogP) is 2.29. The van der Waals surface area contributed by atoms with Crippen molar-refractivity contribution in [2.75, 3.05) is 27.2 Å². The molecular weight excluding hydrogens is 386 g/mol. The fourth-order valence-electron chi connectivity index (χ4n) is 4.17. The number of nitrogens with one attached hydrogen (secondary N) is 1. The first-order valence-electron chi connectivity index (χ1n) is 10.3. The Balaban J connectivity index is 1.66. The summed E-state index contributed by atoms with van der Waals surface area (Å²) in [5.41, 5.74) is 4.04. The maximum absolute atomic E-state index is 13.2. The highest BCUT2D eigenvalue weighted by atomic mass is 16.6. The molecule has 3 rings (SSSR count). The molecule has 0 saturated heterocycles. The van der Waals surface area contributed by atoms with Crippen molar-refractivity contribution in [3.63, 3.8) is 0 Å². The number of amides is 3. The maximum Gasteiger partial charge on any atom is 0.409 e. The minimum absolute atomic E-state index is 0.0932. The summed E-state index contributed by atoms with van der Waals surface area (Å²) in [6.45, 7) is 1.08. The van der Waals surface area contributed by atoms with E-state index < -0.39 is 29.9 Å². The van der Waals surface area contributed by atoms with Gasteiger partial charge in [0, 0.05) is 27.2 Å². The summed E-state index contributed by atoms with van der Waals surface area (Å²) in [5, 5.41) is 9.16. The molecule has 0 radical (unpaired) electrons. The molecule has 0 bridgehead atoms. The third kappa shape index (κ3) is 4.99. The summed E-state index contributed by atoms with van der Waals surface area (Å²) in [4.78, 5) is 40.4. The molecular formula is C22H29N3O5. The molecule has 2 aliphatic rings. The summed E-state index contributed by atoms with van der Waals surface area (Å²) in [6, 6.07) is 10.1. The largest absolute Gasteiger partial charge is 0.446 e. The second kappa shape index (κ2) is 9.75. The van der Waals surface area contributed by atoms with Crippen LogP contribution in [0.1, 0.15) is 31.2 Å². The van der Waals surface area contributed by atoms with E-state index in [-0.39, 0.29) is 12.3 Å². The van der Waals surface area contributed by atoms with Crippen molar-refractivity contribution >= 4 is 23.5 Å². The number of hydrogen-bond acceptors (Lipinski definition) is 5. The van der Waals surface area contributed by atoms with E-state index in [0.29, 0.717) is 25.9 Å². The van der Waals surface area contributed by atoms with Crippen LogP contribution in [0.15, 0.2) is 36.4 Å². The Hall–Kier alpha value is -2.87. The molecule has 3 amide bonds. The normalized spacial score (nSPS) is 23.9. The molecule has 3 atom stereocenters. The third-order valence-electron chi connectivity index (χ3n) is 5.86. The number of carbonyl (C=O) groups is 3. The molecule has 0 aromatic heterocycles. The molecule has 1 heterocycles. The van der Waals surface area contributed by atoms with Crippen LogP contribution in [0.5, 0.6) is 0 Å². The smallest absolute Gasteiger partial charge is 0.409 e. The fourth-order valence-corrected chi connectivity index (χ4v) is 4.17. The lowest BCUT2D eigenvalue weighted by atomic mass is 9.76. The van der Waals surface area contributed by atoms with Gasteiger partial charge in [-0.25, -0.2) is 10.3 Å². The van der Waals surface area contributed by atoms with Gasteiger partial charge in [-0.3, -0.25) is 14.8 Å². The lowest BCUT2D eigenvalue weighted by molar-refractivity contribution is -0.148. The van der Waals surface area contributed by atoms with Gasteiger partial charge in [0.2, 0.25) is 11.8 Å². The first-order valence-corrected chi connectivity index (χ1v) is 10.3. The molecule has 0 spiro atoms. The highest BCUT2D eigenvalue weighted by molar-refractivity contribution is 5.88. The van der Waals surface area contributed by atoms with Gasteiger partial charge in [0.1, 0.15) is 6.10 Å². The van der Waals surface area contributed by atoms with Gasteiger partial charge < -0.3 is 14.5 Å². The number of rotatable bonds is 4. The third-order valence-corrected chi connectivity index (χ3v) is 5.86. The van der Waals surface area contributed by atoms with Gasteiger partial charge in [-0.2, -0.15) is 0 Å². The molecule has 1 saturated carbocycles. The number of ether oxygens (including phenoxy) is 1. The second-order valence-corrected chi connectivity index (χ2v) is 8.03. The van der Waals surface area contributed by atoms with Gasteiger partial charge in [0.25, 0.3) is 0 Å². The Bertz CT molecular complexity index is 808. The van der Waals surface area contributed by atoms with Crippen molar-refractivity contribution in [1.82, 2.24) is 15.3 Å². The zero-order valence-electron chi connectivity index (χ0n) is 17.4. The van der Waals surface area contributed by atoms with Crippen molar-refractivity contribution in [2.24, 2.45) is 11.8 Å². The average molecular weight is 415 g/mol. The standard InChI is InChI=1S/C22H29N3O5/c1-24(2)22(28)30-17-8-9-18(19(14-17)20(26)23-29)21(27)25-12-10-16(11-13-25)15-6-4-3-5-7-15/h3-7,10,17-19,29H,8-9,11-14H2,1-2H3,(H,23,26)/t17-,18+,19+/m1/s1. The van der Waals surface area contributed by atoms with E-state index in [9.17, 15) is 14.4 Å². The Kier molecular flexibility index (Phi) is 7.10. The summed E-state index contributed by atoms with van der Waals surface area (Å²) in [5.74, 6) is -1.99. The van der Waals surface area contributed by atoms with E-state index in [2.05, 4.69) is 18.2 Å². The first-order chi connectivity index (χ1) is 14.4. The van der Waals surface area contributed by atoms with E-state index in [1.165, 1.54) is 10.5 Å². The number of carbonyl (C=O) groups excluding carboxylic acids is 3. The Morgan fingerprint density at radius 2 is 1.87 bits per heavy atom. The maximum atomic E-state index is 13.2. The summed E-state index contributed by atoms with van der Waals surface area (Å²) in [6.07, 6.45) is 3.00. The fraction of sp³-hybridized carbons (Fsp3) is 0.500. The van der Waals surface area contributed by atoms with Gasteiger partial charge >= 0.3 is 6.09 Å². The second-order valence-electron chi connectivity index (χ2n) is 8.03. The van der Waals surface area contributed by atoms with E-state index in [1.807, 2.05) is 18.2 Å². The average Bonchev–Trinajstić information content (AvgIpc) is 2.78. The summed E-state index contributed by atoms with van der Waals surface area (Å²) < 4.78 is 5.41. The zero-order valence-corrected chi connectivity index (χ0v) is 17.4. The van der Waals surface area contributed by atoms with Gasteiger partial charge in [0.05, 0.1) is 11.8 Å². The van der Waals surface area contributed by atoms with Crippen LogP contribution in [0.25, 0.3) is 5.57 Å². The molecule has 30 heavy (non-hydrogen) atoms. The van der Waals surface area contributed by atoms with Crippen molar-refractivity contribution in [2.45, 2.75) is 31.8 Å². The number of nitrogens with zero attached hydrogens (tertiary/aromatic N) is 2. The van der Waals surface area contributed by atoms with Crippen LogP contribution in [0.2, 0.25) is 0 Å². The van der Waals surface area contributed by atoms with Crippen LogP contribution in [-0.4, -0.2) is 66.2 Å². The van der Waals surface area contributed by atoms with Crippen LogP contribution in [-0.2, 0) is 14.3 Å². The summed E-state index contributed by atoms with van der Waals surface area (Å²) >= 11 is 0. The molecule has 8 heteroatoms. The van der Waals surface area contributed by atoms with Crippen LogP contribution < -0.4 is 5.48 Å². The predicted molar refractivity (Wildman–Crippen MR) is 110 cm³/mol. The van der Waals surface area contributed by atoms with Crippen LogP contribution in [0.4, 0.5) is 4.79 Å². The molecule has 0 unspecified atom stereocenters. The molecule has 1 fully saturated rings. The van der Waals surface area contributed by atoms with Gasteiger partial charge in [-0.15, -0.1) is 0 Å². The Morgan fingerprint density at radius 3 is 2.47 bits per heavy atom. The van der Waals surface area contributed by atoms with Crippen molar-refractivity contribution in [1.29, 1.82) is 0 Å². The van der Waals surface area contributed by atoms with Crippen molar-refractivity contribution < 1.29 is 24.3 Å². The minimum Gasteiger partial charge on any atom is -0.446 e. The molecule has 162 valence electrons. The number of hydrogen-bond donors (Lipinski definition) is 2. The zero-order chi connectivity index (χ0) is 21.7. The molecule has 1 aliphatic heterocycles. The minimum atomic E-state index is -0.740. The van der Waals surface area contributed by atoms with Gasteiger partial charge in [0.15, 0.2) is 0 Å². The lowest BCUT2D eigenvalue weighted by Crippen LogP contribution is -2.48. The first kappa shape index (κ1) is 21.8. The van der Waals surface area contributed by atoms with Gasteiger partial charge in [-0.1, -0.05) is 36.4 Å². The van der Waals surface area contributed by atoms with Crippen LogP contribution >= 0.6 is 0 Å². The highest BCUT2D eigenvalue weighted by Crippen LogP contribution is 2.34. The highest BCUT2D eigenvalue weighted by Gasteiger charge is 2.42. The lowest BCUT2D eigenvalue weighted by Gasteiger charge is -2.37. The molecule has 8 nitrogen and oxygen atoms in total. The van der Waals surface area contributed by atoms with Gasteiger partial charge in [-0.05, 0) is 36.8 Å². The topological polar surface area (TPSA) is 99.2 Å². The van der Waals surface area contributed by atoms with Crippen molar-refractivity contribution in [3.8, 4) is 0 Å². The van der Waals surface area contributed by atoms with E-state index in [4.69, 9.17) is 9.94 Å². The van der Waals surface area contributed by atoms with Crippen LogP contribution in [0.3, 0.4) is 0 Å². The SMILES string of the molecule is CN(C)C(=O)O[C@@H]1CC[C@H](C(=O)N2CC=C(c3ccccc3)CC2)[C@@H](C(=O)NO)C1. The number of hydroxylamine groups is 1. The number of benzene rings is 1. The molecule has 1 aliphatic carbocycles. The quantitative estimate of drug-likeness (QED) is 0.581. The molecule has 1 aromatic rings. The van der Waals surface area contributed by atoms with E-state index >= 15 is 0 Å². The molecule has 1 aromatic carbocycles. The molecule has 2 N–H and O–H groups in total. The van der Waals surface area contributed by atoms with Crippen molar-refractivity contribution in [3.05, 3.63) is 42.0 Å². The Labute approximate surface area is 176 Å². The van der Waals surface area contributed by atoms with E-state index in [1.54, 1.807) is 24.5 Å².